The first-order chi connectivity index (χ1) is 8.74. The fourth-order valence-corrected chi connectivity index (χ4v) is 2.15. The van der Waals surface area contributed by atoms with Crippen LogP contribution >= 0.6 is 11.6 Å². The zero-order valence-electron chi connectivity index (χ0n) is 10.2. The highest BCUT2D eigenvalue weighted by molar-refractivity contribution is 6.30. The van der Waals surface area contributed by atoms with Crippen molar-refractivity contribution in [3.8, 4) is 0 Å². The number of urea groups is 1. The van der Waals surface area contributed by atoms with Gasteiger partial charge < -0.3 is 16.0 Å². The lowest BCUT2D eigenvalue weighted by Crippen LogP contribution is -2.42. The Hall–Kier alpha value is -1.26. The van der Waals surface area contributed by atoms with Crippen molar-refractivity contribution in [2.75, 3.05) is 18.4 Å². The van der Waals surface area contributed by atoms with Crippen LogP contribution in [0.15, 0.2) is 24.3 Å². The second-order valence-corrected chi connectivity index (χ2v) is 4.94. The highest BCUT2D eigenvalue weighted by atomic mass is 35.5. The van der Waals surface area contributed by atoms with Crippen molar-refractivity contribution in [3.63, 3.8) is 0 Å². The highest BCUT2D eigenvalue weighted by Gasteiger charge is 2.14. The summed E-state index contributed by atoms with van der Waals surface area (Å²) in [6, 6.07) is 7.13. The second-order valence-electron chi connectivity index (χ2n) is 4.50. The van der Waals surface area contributed by atoms with E-state index in [1.165, 1.54) is 6.42 Å². The Morgan fingerprint density at radius 3 is 2.83 bits per heavy atom. The molecule has 18 heavy (non-hydrogen) atoms. The average molecular weight is 268 g/mol. The number of carbonyl (C=O) groups excluding carboxylic acids is 1. The van der Waals surface area contributed by atoms with Crippen LogP contribution in [-0.2, 0) is 0 Å². The maximum Gasteiger partial charge on any atom is 0.319 e. The van der Waals surface area contributed by atoms with Gasteiger partial charge in [-0.2, -0.15) is 0 Å². The molecule has 1 aromatic carbocycles. The number of halogens is 1. The highest BCUT2D eigenvalue weighted by Crippen LogP contribution is 2.13. The number of anilines is 1. The van der Waals surface area contributed by atoms with Gasteiger partial charge in [0.1, 0.15) is 0 Å². The molecule has 4 nitrogen and oxygen atoms in total. The molecule has 1 unspecified atom stereocenters. The van der Waals surface area contributed by atoms with E-state index in [1.807, 2.05) is 0 Å². The van der Waals surface area contributed by atoms with E-state index >= 15 is 0 Å². The van der Waals surface area contributed by atoms with E-state index in [0.717, 1.165) is 31.6 Å². The first-order valence-corrected chi connectivity index (χ1v) is 6.65. The number of benzene rings is 1. The van der Waals surface area contributed by atoms with Gasteiger partial charge in [-0.05, 0) is 43.7 Å². The molecule has 98 valence electrons. The minimum absolute atomic E-state index is 0.161. The van der Waals surface area contributed by atoms with Crippen LogP contribution in [0.3, 0.4) is 0 Å². The lowest BCUT2D eigenvalue weighted by Gasteiger charge is -2.16. The second kappa shape index (κ2) is 6.61. The average Bonchev–Trinajstić information content (AvgIpc) is 2.61. The summed E-state index contributed by atoms with van der Waals surface area (Å²) >= 11 is 5.79. The van der Waals surface area contributed by atoms with Crippen molar-refractivity contribution < 1.29 is 4.79 Å². The first-order valence-electron chi connectivity index (χ1n) is 6.28. The Labute approximate surface area is 112 Å². The van der Waals surface area contributed by atoms with Crippen molar-refractivity contribution in [1.29, 1.82) is 0 Å². The quantitative estimate of drug-likeness (QED) is 0.772. The standard InChI is InChI=1S/C13H18ClN3O/c14-10-4-6-11(7-5-10)16-13(18)17-12-3-1-2-8-15-9-12/h4-7,12,15H,1-3,8-9H2,(H2,16,17,18). The molecule has 5 heteroatoms. The third-order valence-electron chi connectivity index (χ3n) is 2.98. The Kier molecular flexibility index (Phi) is 4.84. The topological polar surface area (TPSA) is 53.2 Å². The van der Waals surface area contributed by atoms with Gasteiger partial charge in [0.05, 0.1) is 0 Å². The summed E-state index contributed by atoms with van der Waals surface area (Å²) in [5.74, 6) is 0. The summed E-state index contributed by atoms with van der Waals surface area (Å²) < 4.78 is 0. The molecule has 0 saturated carbocycles. The third-order valence-corrected chi connectivity index (χ3v) is 3.24. The molecule has 1 atom stereocenters. The van der Waals surface area contributed by atoms with Gasteiger partial charge in [-0.25, -0.2) is 4.79 Å². The number of hydrogen-bond acceptors (Lipinski definition) is 2. The molecule has 0 aromatic heterocycles. The summed E-state index contributed by atoms with van der Waals surface area (Å²) in [6.07, 6.45) is 3.36. The number of rotatable bonds is 2. The van der Waals surface area contributed by atoms with E-state index in [2.05, 4.69) is 16.0 Å². The smallest absolute Gasteiger partial charge is 0.319 e. The summed E-state index contributed by atoms with van der Waals surface area (Å²) in [7, 11) is 0. The molecule has 0 spiro atoms. The van der Waals surface area contributed by atoms with E-state index in [-0.39, 0.29) is 12.1 Å². The largest absolute Gasteiger partial charge is 0.334 e. The predicted octanol–water partition coefficient (Wildman–Crippen LogP) is 2.60. The molecule has 2 amide bonds. The Morgan fingerprint density at radius 2 is 2.06 bits per heavy atom. The lowest BCUT2D eigenvalue weighted by molar-refractivity contribution is 0.247. The van der Waals surface area contributed by atoms with E-state index in [9.17, 15) is 4.79 Å². The number of nitrogens with one attached hydrogen (secondary N) is 3. The summed E-state index contributed by atoms with van der Waals surface area (Å²) in [5.41, 5.74) is 0.749. The van der Waals surface area contributed by atoms with Gasteiger partial charge in [0, 0.05) is 23.3 Å². The van der Waals surface area contributed by atoms with Gasteiger partial charge in [-0.15, -0.1) is 0 Å². The minimum Gasteiger partial charge on any atom is -0.334 e. The Morgan fingerprint density at radius 1 is 1.28 bits per heavy atom. The number of amides is 2. The van der Waals surface area contributed by atoms with E-state index in [0.29, 0.717) is 5.02 Å². The van der Waals surface area contributed by atoms with E-state index in [4.69, 9.17) is 11.6 Å². The van der Waals surface area contributed by atoms with Crippen molar-refractivity contribution in [2.24, 2.45) is 0 Å². The zero-order valence-corrected chi connectivity index (χ0v) is 11.0. The molecule has 1 aliphatic heterocycles. The molecule has 1 heterocycles. The van der Waals surface area contributed by atoms with Gasteiger partial charge in [-0.1, -0.05) is 18.0 Å². The van der Waals surface area contributed by atoms with Crippen molar-refractivity contribution in [3.05, 3.63) is 29.3 Å². The number of carbonyl (C=O) groups is 1. The van der Waals surface area contributed by atoms with Crippen LogP contribution in [0.2, 0.25) is 5.02 Å². The van der Waals surface area contributed by atoms with Crippen LogP contribution in [-0.4, -0.2) is 25.2 Å². The summed E-state index contributed by atoms with van der Waals surface area (Å²) in [6.45, 7) is 1.88. The van der Waals surface area contributed by atoms with Gasteiger partial charge in [0.25, 0.3) is 0 Å². The normalized spacial score (nSPS) is 19.9. The zero-order chi connectivity index (χ0) is 12.8. The van der Waals surface area contributed by atoms with Crippen LogP contribution in [0.25, 0.3) is 0 Å². The van der Waals surface area contributed by atoms with Crippen LogP contribution in [0, 0.1) is 0 Å². The van der Waals surface area contributed by atoms with Crippen molar-refractivity contribution in [2.45, 2.75) is 25.3 Å². The molecule has 1 saturated heterocycles. The molecule has 0 radical (unpaired) electrons. The van der Waals surface area contributed by atoms with Crippen molar-refractivity contribution >= 4 is 23.3 Å². The molecular weight excluding hydrogens is 250 g/mol. The molecular formula is C13H18ClN3O. The van der Waals surface area contributed by atoms with Gasteiger partial charge in [-0.3, -0.25) is 0 Å². The van der Waals surface area contributed by atoms with E-state index < -0.39 is 0 Å². The molecule has 2 rings (SSSR count). The minimum atomic E-state index is -0.161. The molecule has 0 bridgehead atoms. The Balaban J connectivity index is 1.82. The van der Waals surface area contributed by atoms with Gasteiger partial charge >= 0.3 is 6.03 Å². The predicted molar refractivity (Wildman–Crippen MR) is 74.1 cm³/mol. The Bertz CT molecular complexity index is 386. The van der Waals surface area contributed by atoms with Gasteiger partial charge in [0.15, 0.2) is 0 Å². The first kappa shape index (κ1) is 13.2. The van der Waals surface area contributed by atoms with Crippen LogP contribution < -0.4 is 16.0 Å². The summed E-state index contributed by atoms with van der Waals surface area (Å²) in [4.78, 5) is 11.8. The SMILES string of the molecule is O=C(Nc1ccc(Cl)cc1)NC1CCCCNC1. The lowest BCUT2D eigenvalue weighted by atomic mass is 10.1. The maximum absolute atomic E-state index is 11.8. The fraction of sp³-hybridized carbons (Fsp3) is 0.462. The maximum atomic E-state index is 11.8. The number of hydrogen-bond donors (Lipinski definition) is 3. The van der Waals surface area contributed by atoms with Gasteiger partial charge in [0.2, 0.25) is 0 Å². The fourth-order valence-electron chi connectivity index (χ4n) is 2.03. The third kappa shape index (κ3) is 4.20. The summed E-state index contributed by atoms with van der Waals surface area (Å²) in [5, 5.41) is 9.75. The molecule has 3 N–H and O–H groups in total. The molecule has 1 aromatic rings. The van der Waals surface area contributed by atoms with Crippen molar-refractivity contribution in [1.82, 2.24) is 10.6 Å². The monoisotopic (exact) mass is 267 g/mol. The molecule has 1 aliphatic rings. The van der Waals surface area contributed by atoms with Crippen LogP contribution in [0.5, 0.6) is 0 Å². The van der Waals surface area contributed by atoms with Crippen LogP contribution in [0.1, 0.15) is 19.3 Å². The van der Waals surface area contributed by atoms with Crippen LogP contribution in [0.4, 0.5) is 10.5 Å². The van der Waals surface area contributed by atoms with E-state index in [1.54, 1.807) is 24.3 Å². The molecule has 1 fully saturated rings. The molecule has 0 aliphatic carbocycles.